The third-order valence-electron chi connectivity index (χ3n) is 1.11. The zero-order chi connectivity index (χ0) is 5.98. The van der Waals surface area contributed by atoms with E-state index in [-0.39, 0.29) is 0 Å². The first kappa shape index (κ1) is 5.97. The van der Waals surface area contributed by atoms with Crippen LogP contribution in [-0.2, 0) is 0 Å². The van der Waals surface area contributed by atoms with E-state index < -0.39 is 12.6 Å². The van der Waals surface area contributed by atoms with Crippen molar-refractivity contribution < 1.29 is 10.2 Å². The molecule has 4 heteroatoms. The van der Waals surface area contributed by atoms with Crippen molar-refractivity contribution in [3.05, 3.63) is 0 Å². The number of aliphatic hydroxyl groups excluding tert-OH is 2. The number of rotatable bonds is 0. The van der Waals surface area contributed by atoms with E-state index in [1.165, 1.54) is 0 Å². The van der Waals surface area contributed by atoms with Crippen LogP contribution in [0.1, 0.15) is 6.42 Å². The molecular weight excluding hydrogens is 108 g/mol. The van der Waals surface area contributed by atoms with E-state index in [4.69, 9.17) is 10.2 Å². The number of nitrogens with one attached hydrogen (secondary N) is 2. The Balaban J connectivity index is 2.23. The molecule has 1 saturated heterocycles. The minimum Gasteiger partial charge on any atom is -0.378 e. The first-order valence-electron chi connectivity index (χ1n) is 2.64. The highest BCUT2D eigenvalue weighted by atomic mass is 16.3. The third kappa shape index (κ3) is 1.41. The molecule has 0 aromatic rings. The van der Waals surface area contributed by atoms with Gasteiger partial charge in [-0.05, 0) is 6.42 Å². The Morgan fingerprint density at radius 2 is 2.12 bits per heavy atom. The smallest absolute Gasteiger partial charge is 0.162 e. The average Bonchev–Trinajstić information content (AvgIpc) is 1.64. The zero-order valence-electron chi connectivity index (χ0n) is 4.46. The van der Waals surface area contributed by atoms with E-state index in [9.17, 15) is 0 Å². The van der Waals surface area contributed by atoms with E-state index in [1.807, 2.05) is 0 Å². The molecule has 48 valence electrons. The molecule has 0 saturated carbocycles. The fourth-order valence-electron chi connectivity index (χ4n) is 0.681. The molecule has 2 unspecified atom stereocenters. The fourth-order valence-corrected chi connectivity index (χ4v) is 0.681. The second-order valence-corrected chi connectivity index (χ2v) is 1.83. The summed E-state index contributed by atoms with van der Waals surface area (Å²) in [5, 5.41) is 22.6. The molecule has 2 atom stereocenters. The molecule has 0 aliphatic carbocycles. The first-order valence-corrected chi connectivity index (χ1v) is 2.64. The van der Waals surface area contributed by atoms with Gasteiger partial charge in [-0.25, -0.2) is 0 Å². The third-order valence-corrected chi connectivity index (χ3v) is 1.11. The normalized spacial score (nSPS) is 39.8. The van der Waals surface area contributed by atoms with Crippen LogP contribution < -0.4 is 10.6 Å². The minimum absolute atomic E-state index is 0.550. The molecule has 0 aromatic carbocycles. The van der Waals surface area contributed by atoms with Gasteiger partial charge in [-0.2, -0.15) is 0 Å². The summed E-state index contributed by atoms with van der Waals surface area (Å²) in [7, 11) is 0. The van der Waals surface area contributed by atoms with Gasteiger partial charge in [0.25, 0.3) is 0 Å². The highest BCUT2D eigenvalue weighted by Gasteiger charge is 2.13. The molecule has 0 amide bonds. The minimum atomic E-state index is -0.737. The van der Waals surface area contributed by atoms with Gasteiger partial charge in [-0.3, -0.25) is 10.6 Å². The van der Waals surface area contributed by atoms with Crippen molar-refractivity contribution in [3.8, 4) is 0 Å². The second kappa shape index (κ2) is 2.41. The zero-order valence-corrected chi connectivity index (χ0v) is 4.46. The van der Waals surface area contributed by atoms with Crippen LogP contribution in [0, 0.1) is 0 Å². The molecule has 4 nitrogen and oxygen atoms in total. The van der Waals surface area contributed by atoms with Crippen molar-refractivity contribution in [2.75, 3.05) is 6.54 Å². The lowest BCUT2D eigenvalue weighted by molar-refractivity contribution is -0.00744. The van der Waals surface area contributed by atoms with E-state index >= 15 is 0 Å². The van der Waals surface area contributed by atoms with Crippen molar-refractivity contribution in [1.29, 1.82) is 0 Å². The van der Waals surface area contributed by atoms with Gasteiger partial charge in [-0.1, -0.05) is 0 Å². The summed E-state index contributed by atoms with van der Waals surface area (Å²) in [5.41, 5.74) is 0. The lowest BCUT2D eigenvalue weighted by Crippen LogP contribution is -2.53. The van der Waals surface area contributed by atoms with Gasteiger partial charge in [0.1, 0.15) is 6.23 Å². The van der Waals surface area contributed by atoms with E-state index in [1.54, 1.807) is 0 Å². The summed E-state index contributed by atoms with van der Waals surface area (Å²) >= 11 is 0. The molecule has 1 aliphatic heterocycles. The Morgan fingerprint density at radius 3 is 2.50 bits per heavy atom. The molecule has 1 rings (SSSR count). The van der Waals surface area contributed by atoms with Crippen LogP contribution in [0.2, 0.25) is 0 Å². The van der Waals surface area contributed by atoms with E-state index in [0.29, 0.717) is 13.0 Å². The molecule has 0 aromatic heterocycles. The Labute approximate surface area is 47.5 Å². The number of aliphatic hydroxyl groups is 2. The Morgan fingerprint density at radius 1 is 1.38 bits per heavy atom. The van der Waals surface area contributed by atoms with Crippen LogP contribution in [0.4, 0.5) is 0 Å². The van der Waals surface area contributed by atoms with Crippen LogP contribution in [-0.4, -0.2) is 29.3 Å². The van der Waals surface area contributed by atoms with E-state index in [0.717, 1.165) is 0 Å². The second-order valence-electron chi connectivity index (χ2n) is 1.83. The lowest BCUT2D eigenvalue weighted by atomic mass is 10.3. The molecular formula is C4H10N2O2. The fraction of sp³-hybridized carbons (Fsp3) is 1.00. The monoisotopic (exact) mass is 118 g/mol. The van der Waals surface area contributed by atoms with Crippen LogP contribution >= 0.6 is 0 Å². The molecule has 4 N–H and O–H groups in total. The maximum Gasteiger partial charge on any atom is 0.162 e. The molecule has 0 spiro atoms. The highest BCUT2D eigenvalue weighted by molar-refractivity contribution is 4.64. The largest absolute Gasteiger partial charge is 0.378 e. The van der Waals surface area contributed by atoms with Crippen molar-refractivity contribution in [1.82, 2.24) is 10.6 Å². The SMILES string of the molecule is OC1CCNC(O)N1. The Kier molecular flexibility index (Phi) is 1.80. The molecule has 0 radical (unpaired) electrons. The predicted molar refractivity (Wildman–Crippen MR) is 27.8 cm³/mol. The van der Waals surface area contributed by atoms with Gasteiger partial charge in [0.2, 0.25) is 0 Å². The van der Waals surface area contributed by atoms with Crippen molar-refractivity contribution in [3.63, 3.8) is 0 Å². The van der Waals surface area contributed by atoms with Gasteiger partial charge >= 0.3 is 0 Å². The maximum atomic E-state index is 8.77. The van der Waals surface area contributed by atoms with Gasteiger partial charge in [0.15, 0.2) is 6.35 Å². The van der Waals surface area contributed by atoms with Gasteiger partial charge < -0.3 is 10.2 Å². The van der Waals surface area contributed by atoms with Gasteiger partial charge in [-0.15, -0.1) is 0 Å². The molecule has 1 fully saturated rings. The average molecular weight is 118 g/mol. The standard InChI is InChI=1S/C4H10N2O2/c7-3-1-2-5-4(8)6-3/h3-8H,1-2H2. The van der Waals surface area contributed by atoms with Gasteiger partial charge in [0, 0.05) is 6.54 Å². The topological polar surface area (TPSA) is 64.5 Å². The summed E-state index contributed by atoms with van der Waals surface area (Å²) in [5.74, 6) is 0. The Bertz CT molecular complexity index is 70.4. The van der Waals surface area contributed by atoms with Crippen LogP contribution in [0.5, 0.6) is 0 Å². The summed E-state index contributed by atoms with van der Waals surface area (Å²) in [6.45, 7) is 0.662. The molecule has 1 aliphatic rings. The summed E-state index contributed by atoms with van der Waals surface area (Å²) in [6, 6.07) is 0. The van der Waals surface area contributed by atoms with Crippen molar-refractivity contribution in [2.45, 2.75) is 19.0 Å². The van der Waals surface area contributed by atoms with Gasteiger partial charge in [0.05, 0.1) is 0 Å². The van der Waals surface area contributed by atoms with Crippen LogP contribution in [0.25, 0.3) is 0 Å². The van der Waals surface area contributed by atoms with Crippen LogP contribution in [0.15, 0.2) is 0 Å². The Hall–Kier alpha value is -0.160. The summed E-state index contributed by atoms with van der Waals surface area (Å²) in [4.78, 5) is 0. The molecule has 8 heavy (non-hydrogen) atoms. The summed E-state index contributed by atoms with van der Waals surface area (Å²) < 4.78 is 0. The quantitative estimate of drug-likeness (QED) is 0.302. The first-order chi connectivity index (χ1) is 3.79. The van der Waals surface area contributed by atoms with Crippen LogP contribution in [0.3, 0.4) is 0 Å². The predicted octanol–water partition coefficient (Wildman–Crippen LogP) is -1.84. The van der Waals surface area contributed by atoms with Crippen molar-refractivity contribution in [2.24, 2.45) is 0 Å². The highest BCUT2D eigenvalue weighted by Crippen LogP contribution is 1.91. The molecule has 1 heterocycles. The van der Waals surface area contributed by atoms with Crippen molar-refractivity contribution >= 4 is 0 Å². The molecule has 0 bridgehead atoms. The summed E-state index contributed by atoms with van der Waals surface area (Å²) in [6.07, 6.45) is -0.637. The maximum absolute atomic E-state index is 8.77. The lowest BCUT2D eigenvalue weighted by Gasteiger charge is -2.24. The number of hydrogen-bond acceptors (Lipinski definition) is 4. The number of hydrogen-bond donors (Lipinski definition) is 4. The van der Waals surface area contributed by atoms with E-state index in [2.05, 4.69) is 10.6 Å².